The molecule has 0 aliphatic carbocycles. The number of furan rings is 1. The van der Waals surface area contributed by atoms with Crippen LogP contribution < -0.4 is 10.6 Å². The number of nitrogens with zero attached hydrogens (tertiary/aromatic N) is 1. The summed E-state index contributed by atoms with van der Waals surface area (Å²) in [5, 5.41) is 6.55. The van der Waals surface area contributed by atoms with Crippen molar-refractivity contribution in [3.05, 3.63) is 89.9 Å². The second kappa shape index (κ2) is 8.12. The van der Waals surface area contributed by atoms with Crippen LogP contribution in [-0.4, -0.2) is 16.8 Å². The number of hydrogen-bond acceptors (Lipinski definition) is 5. The average Bonchev–Trinajstić information content (AvgIpc) is 3.40. The third-order valence-corrected chi connectivity index (χ3v) is 5.07. The van der Waals surface area contributed by atoms with Crippen LogP contribution >= 0.6 is 11.3 Å². The fraction of sp³-hybridized carbons (Fsp3) is 0.0455. The van der Waals surface area contributed by atoms with E-state index in [0.717, 1.165) is 11.1 Å². The zero-order valence-corrected chi connectivity index (χ0v) is 16.3. The van der Waals surface area contributed by atoms with E-state index in [2.05, 4.69) is 15.6 Å². The number of aromatic nitrogens is 1. The van der Waals surface area contributed by atoms with Gasteiger partial charge in [-0.15, -0.1) is 0 Å². The molecule has 0 bridgehead atoms. The highest BCUT2D eigenvalue weighted by Crippen LogP contribution is 2.36. The van der Waals surface area contributed by atoms with E-state index in [1.54, 1.807) is 36.4 Å². The highest BCUT2D eigenvalue weighted by Gasteiger charge is 2.19. The minimum absolute atomic E-state index is 0.197. The standard InChI is InChI=1S/C22H17N3O3S/c1-14-9-11-15(12-10-14)18-21(24-20(27)17-8-5-13-28-17)29-22(23-18)25-19(26)16-6-3-2-4-7-16/h2-13H,1H3,(H,24,27)(H,23,25,26). The quantitative estimate of drug-likeness (QED) is 0.479. The van der Waals surface area contributed by atoms with Crippen LogP contribution in [-0.2, 0) is 0 Å². The van der Waals surface area contributed by atoms with E-state index in [1.165, 1.54) is 17.6 Å². The smallest absolute Gasteiger partial charge is 0.292 e. The lowest BCUT2D eigenvalue weighted by molar-refractivity contribution is 0.0995. The van der Waals surface area contributed by atoms with Gasteiger partial charge in [-0.3, -0.25) is 14.9 Å². The van der Waals surface area contributed by atoms with Gasteiger partial charge in [-0.05, 0) is 31.2 Å². The van der Waals surface area contributed by atoms with E-state index in [9.17, 15) is 9.59 Å². The van der Waals surface area contributed by atoms with E-state index >= 15 is 0 Å². The third kappa shape index (κ3) is 4.25. The number of thiazole rings is 1. The lowest BCUT2D eigenvalue weighted by Crippen LogP contribution is -2.11. The van der Waals surface area contributed by atoms with Gasteiger partial charge in [0.2, 0.25) is 0 Å². The van der Waals surface area contributed by atoms with Crippen molar-refractivity contribution in [1.29, 1.82) is 0 Å². The van der Waals surface area contributed by atoms with Crippen molar-refractivity contribution in [2.75, 3.05) is 10.6 Å². The maximum atomic E-state index is 12.5. The molecule has 4 rings (SSSR count). The molecule has 2 N–H and O–H groups in total. The minimum atomic E-state index is -0.382. The molecule has 2 aromatic carbocycles. The van der Waals surface area contributed by atoms with Gasteiger partial charge < -0.3 is 9.73 Å². The molecule has 0 atom stereocenters. The summed E-state index contributed by atoms with van der Waals surface area (Å²) in [5.74, 6) is -0.449. The van der Waals surface area contributed by atoms with Crippen LogP contribution in [0.2, 0.25) is 0 Å². The van der Waals surface area contributed by atoms with Crippen LogP contribution in [0.15, 0.2) is 77.4 Å². The molecular weight excluding hydrogens is 386 g/mol. The predicted octanol–water partition coefficient (Wildman–Crippen LogP) is 5.22. The first kappa shape index (κ1) is 18.6. The first-order valence-corrected chi connectivity index (χ1v) is 9.71. The Labute approximate surface area is 171 Å². The molecule has 2 aromatic heterocycles. The van der Waals surface area contributed by atoms with E-state index in [-0.39, 0.29) is 17.6 Å². The van der Waals surface area contributed by atoms with E-state index in [4.69, 9.17) is 4.42 Å². The van der Waals surface area contributed by atoms with Crippen LogP contribution in [0.3, 0.4) is 0 Å². The molecule has 0 unspecified atom stereocenters. The predicted molar refractivity (Wildman–Crippen MR) is 113 cm³/mol. The van der Waals surface area contributed by atoms with Crippen molar-refractivity contribution in [2.45, 2.75) is 6.92 Å². The van der Waals surface area contributed by atoms with Crippen molar-refractivity contribution in [3.8, 4) is 11.3 Å². The van der Waals surface area contributed by atoms with Crippen molar-refractivity contribution in [3.63, 3.8) is 0 Å². The highest BCUT2D eigenvalue weighted by atomic mass is 32.1. The summed E-state index contributed by atoms with van der Waals surface area (Å²) in [6.45, 7) is 2.00. The van der Waals surface area contributed by atoms with Gasteiger partial charge in [0.25, 0.3) is 11.8 Å². The van der Waals surface area contributed by atoms with Gasteiger partial charge >= 0.3 is 0 Å². The topological polar surface area (TPSA) is 84.2 Å². The van der Waals surface area contributed by atoms with Crippen molar-refractivity contribution >= 4 is 33.3 Å². The van der Waals surface area contributed by atoms with Gasteiger partial charge in [0.1, 0.15) is 10.7 Å². The molecule has 0 fully saturated rings. The van der Waals surface area contributed by atoms with Crippen LogP contribution in [0.25, 0.3) is 11.3 Å². The minimum Gasteiger partial charge on any atom is -0.459 e. The van der Waals surface area contributed by atoms with Crippen LogP contribution in [0, 0.1) is 6.92 Å². The molecule has 29 heavy (non-hydrogen) atoms. The van der Waals surface area contributed by atoms with Gasteiger partial charge in [-0.2, -0.15) is 0 Å². The Bertz CT molecular complexity index is 1130. The van der Waals surface area contributed by atoms with Gasteiger partial charge in [0, 0.05) is 11.1 Å². The molecule has 7 heteroatoms. The Morgan fingerprint density at radius 3 is 2.34 bits per heavy atom. The normalized spacial score (nSPS) is 10.5. The first-order chi connectivity index (χ1) is 14.1. The van der Waals surface area contributed by atoms with Gasteiger partial charge in [0.15, 0.2) is 10.9 Å². The fourth-order valence-electron chi connectivity index (χ4n) is 2.70. The molecule has 0 saturated carbocycles. The Kier molecular flexibility index (Phi) is 5.22. The molecule has 2 heterocycles. The summed E-state index contributed by atoms with van der Waals surface area (Å²) in [6.07, 6.45) is 1.44. The fourth-order valence-corrected chi connectivity index (χ4v) is 3.57. The lowest BCUT2D eigenvalue weighted by atomic mass is 10.1. The van der Waals surface area contributed by atoms with Crippen LogP contribution in [0.1, 0.15) is 26.5 Å². The summed E-state index contributed by atoms with van der Waals surface area (Å²) < 4.78 is 5.16. The molecule has 6 nitrogen and oxygen atoms in total. The number of carbonyl (C=O) groups is 2. The van der Waals surface area contributed by atoms with Gasteiger partial charge in [-0.25, -0.2) is 4.98 Å². The average molecular weight is 403 g/mol. The molecule has 4 aromatic rings. The largest absolute Gasteiger partial charge is 0.459 e. The summed E-state index contributed by atoms with van der Waals surface area (Å²) in [4.78, 5) is 29.5. The van der Waals surface area contributed by atoms with E-state index in [1.807, 2.05) is 37.3 Å². The van der Waals surface area contributed by atoms with Crippen LogP contribution in [0.4, 0.5) is 10.1 Å². The van der Waals surface area contributed by atoms with Crippen molar-refractivity contribution in [1.82, 2.24) is 4.98 Å². The number of amides is 2. The maximum Gasteiger partial charge on any atom is 0.292 e. The Balaban J connectivity index is 1.65. The zero-order chi connectivity index (χ0) is 20.2. The lowest BCUT2D eigenvalue weighted by Gasteiger charge is -2.04. The number of carbonyl (C=O) groups excluding carboxylic acids is 2. The Hall–Kier alpha value is -3.71. The first-order valence-electron chi connectivity index (χ1n) is 8.89. The zero-order valence-electron chi connectivity index (χ0n) is 15.5. The summed E-state index contributed by atoms with van der Waals surface area (Å²) in [6, 6.07) is 19.9. The van der Waals surface area contributed by atoms with Crippen LogP contribution in [0.5, 0.6) is 0 Å². The molecule has 2 amide bonds. The molecule has 0 spiro atoms. The summed E-state index contributed by atoms with van der Waals surface area (Å²) in [5.41, 5.74) is 3.06. The number of hydrogen-bond donors (Lipinski definition) is 2. The number of nitrogens with one attached hydrogen (secondary N) is 2. The van der Waals surface area contributed by atoms with Crippen molar-refractivity contribution < 1.29 is 14.0 Å². The number of aryl methyl sites for hydroxylation is 1. The number of benzene rings is 2. The molecular formula is C22H17N3O3S. The third-order valence-electron chi connectivity index (χ3n) is 4.18. The summed E-state index contributed by atoms with van der Waals surface area (Å²) >= 11 is 1.19. The SMILES string of the molecule is Cc1ccc(-c2nc(NC(=O)c3ccccc3)sc2NC(=O)c2ccco2)cc1. The molecule has 144 valence electrons. The Morgan fingerprint density at radius 1 is 0.897 bits per heavy atom. The summed E-state index contributed by atoms with van der Waals surface area (Å²) in [7, 11) is 0. The van der Waals surface area contributed by atoms with Gasteiger partial charge in [0.05, 0.1) is 6.26 Å². The van der Waals surface area contributed by atoms with E-state index < -0.39 is 0 Å². The highest BCUT2D eigenvalue weighted by molar-refractivity contribution is 7.20. The molecule has 0 saturated heterocycles. The molecule has 0 radical (unpaired) electrons. The Morgan fingerprint density at radius 2 is 1.66 bits per heavy atom. The van der Waals surface area contributed by atoms with Gasteiger partial charge in [-0.1, -0.05) is 59.4 Å². The maximum absolute atomic E-state index is 12.5. The van der Waals surface area contributed by atoms with Crippen molar-refractivity contribution in [2.24, 2.45) is 0 Å². The number of rotatable bonds is 5. The second-order valence-corrected chi connectivity index (χ2v) is 7.31. The second-order valence-electron chi connectivity index (χ2n) is 6.31. The molecule has 0 aliphatic rings. The monoisotopic (exact) mass is 403 g/mol. The molecule has 0 aliphatic heterocycles. The van der Waals surface area contributed by atoms with E-state index in [0.29, 0.717) is 21.4 Å². The number of anilines is 2.